The molecule has 2 aromatic heterocycles. The Morgan fingerprint density at radius 1 is 1.50 bits per heavy atom. The second-order valence-electron chi connectivity index (χ2n) is 4.37. The van der Waals surface area contributed by atoms with E-state index in [4.69, 9.17) is 5.73 Å². The highest BCUT2D eigenvalue weighted by atomic mass is 32.2. The molecule has 0 amide bonds. The highest BCUT2D eigenvalue weighted by Crippen LogP contribution is 2.24. The van der Waals surface area contributed by atoms with Crippen molar-refractivity contribution in [3.8, 4) is 0 Å². The first kappa shape index (κ1) is 13.6. The minimum Gasteiger partial charge on any atom is -0.324 e. The summed E-state index contributed by atoms with van der Waals surface area (Å²) in [5.74, 6) is 0.764. The van der Waals surface area contributed by atoms with Crippen molar-refractivity contribution in [2.75, 3.05) is 5.75 Å². The smallest absolute Gasteiger partial charge is 0.260 e. The van der Waals surface area contributed by atoms with Crippen LogP contribution in [0.2, 0.25) is 0 Å². The van der Waals surface area contributed by atoms with E-state index in [1.165, 1.54) is 23.1 Å². The van der Waals surface area contributed by atoms with Crippen molar-refractivity contribution in [2.24, 2.45) is 5.73 Å². The average molecular weight is 283 g/mol. The number of hydrogen-bond donors (Lipinski definition) is 2. The quantitative estimate of drug-likeness (QED) is 0.653. The molecule has 2 aromatic rings. The second-order valence-corrected chi connectivity index (χ2v) is 6.23. The van der Waals surface area contributed by atoms with E-state index in [2.05, 4.69) is 23.8 Å². The normalized spacial score (nSPS) is 12.2. The molecule has 0 bridgehead atoms. The van der Waals surface area contributed by atoms with Gasteiger partial charge in [-0.1, -0.05) is 25.6 Å². The molecule has 4 nitrogen and oxygen atoms in total. The molecule has 0 fully saturated rings. The van der Waals surface area contributed by atoms with Gasteiger partial charge >= 0.3 is 0 Å². The summed E-state index contributed by atoms with van der Waals surface area (Å²) in [5.41, 5.74) is 5.98. The molecule has 0 saturated carbocycles. The Labute approximate surface area is 114 Å². The summed E-state index contributed by atoms with van der Waals surface area (Å²) >= 11 is 3.01. The fourth-order valence-electron chi connectivity index (χ4n) is 1.58. The molecule has 0 atom stereocenters. The highest BCUT2D eigenvalue weighted by molar-refractivity contribution is 7.99. The van der Waals surface area contributed by atoms with Crippen molar-refractivity contribution in [2.45, 2.75) is 37.4 Å². The van der Waals surface area contributed by atoms with E-state index in [0.717, 1.165) is 23.4 Å². The lowest BCUT2D eigenvalue weighted by molar-refractivity contribution is 0.446. The number of thiophene rings is 1. The van der Waals surface area contributed by atoms with Crippen molar-refractivity contribution < 1.29 is 0 Å². The van der Waals surface area contributed by atoms with E-state index in [-0.39, 0.29) is 11.1 Å². The molecule has 0 unspecified atom stereocenters. The minimum absolute atomic E-state index is 0.0700. The molecule has 0 aliphatic carbocycles. The van der Waals surface area contributed by atoms with Gasteiger partial charge in [-0.2, -0.15) is 0 Å². The molecule has 0 radical (unpaired) electrons. The van der Waals surface area contributed by atoms with Crippen molar-refractivity contribution in [1.29, 1.82) is 0 Å². The molecule has 6 heteroatoms. The van der Waals surface area contributed by atoms with Gasteiger partial charge in [0.1, 0.15) is 4.83 Å². The standard InChI is InChI=1S/C12H17N3OS2/c1-3-12(13,4-2)7-18-11-14-9(16)8-5-6-17-10(8)15-11/h5-6H,3-4,7,13H2,1-2H3,(H,14,15,16). The van der Waals surface area contributed by atoms with Gasteiger partial charge in [0.2, 0.25) is 0 Å². The molecule has 98 valence electrons. The van der Waals surface area contributed by atoms with Gasteiger partial charge in [-0.25, -0.2) is 4.98 Å². The summed E-state index contributed by atoms with van der Waals surface area (Å²) in [6.45, 7) is 4.17. The Bertz CT molecular complexity index is 586. The fourth-order valence-corrected chi connectivity index (χ4v) is 3.56. The number of H-pyrrole nitrogens is 1. The van der Waals surface area contributed by atoms with E-state index in [0.29, 0.717) is 10.5 Å². The van der Waals surface area contributed by atoms with E-state index < -0.39 is 0 Å². The predicted octanol–water partition coefficient (Wildman–Crippen LogP) is 2.59. The van der Waals surface area contributed by atoms with Crippen LogP contribution in [-0.2, 0) is 0 Å². The van der Waals surface area contributed by atoms with Crippen LogP contribution < -0.4 is 11.3 Å². The molecule has 2 rings (SSSR count). The molecule has 0 spiro atoms. The number of hydrogen-bond acceptors (Lipinski definition) is 5. The summed E-state index contributed by atoms with van der Waals surface area (Å²) in [5, 5.41) is 3.20. The number of aromatic amines is 1. The largest absolute Gasteiger partial charge is 0.324 e. The number of aromatic nitrogens is 2. The Morgan fingerprint density at radius 2 is 2.22 bits per heavy atom. The molecule has 0 saturated heterocycles. The third-order valence-electron chi connectivity index (χ3n) is 3.22. The van der Waals surface area contributed by atoms with Crippen molar-refractivity contribution in [1.82, 2.24) is 9.97 Å². The van der Waals surface area contributed by atoms with Crippen molar-refractivity contribution in [3.63, 3.8) is 0 Å². The zero-order chi connectivity index (χ0) is 13.2. The lowest BCUT2D eigenvalue weighted by Crippen LogP contribution is -2.41. The summed E-state index contributed by atoms with van der Waals surface area (Å²) in [6, 6.07) is 1.80. The number of nitrogens with two attached hydrogens (primary N) is 1. The summed E-state index contributed by atoms with van der Waals surface area (Å²) in [4.78, 5) is 19.8. The number of thioether (sulfide) groups is 1. The lowest BCUT2D eigenvalue weighted by Gasteiger charge is -2.25. The third kappa shape index (κ3) is 2.76. The van der Waals surface area contributed by atoms with Crippen LogP contribution in [0.3, 0.4) is 0 Å². The van der Waals surface area contributed by atoms with Gasteiger partial charge in [-0.15, -0.1) is 11.3 Å². The maximum Gasteiger partial charge on any atom is 0.260 e. The van der Waals surface area contributed by atoms with Gasteiger partial charge in [0.25, 0.3) is 5.56 Å². The maximum atomic E-state index is 11.8. The van der Waals surface area contributed by atoms with E-state index in [1.807, 2.05) is 5.38 Å². The summed E-state index contributed by atoms with van der Waals surface area (Å²) < 4.78 is 0. The summed E-state index contributed by atoms with van der Waals surface area (Å²) in [6.07, 6.45) is 1.84. The monoisotopic (exact) mass is 283 g/mol. The number of rotatable bonds is 5. The zero-order valence-electron chi connectivity index (χ0n) is 10.5. The summed E-state index contributed by atoms with van der Waals surface area (Å²) in [7, 11) is 0. The molecule has 0 aliphatic heterocycles. The van der Waals surface area contributed by atoms with Crippen LogP contribution >= 0.6 is 23.1 Å². The van der Waals surface area contributed by atoms with Gasteiger partial charge < -0.3 is 10.7 Å². The highest BCUT2D eigenvalue weighted by Gasteiger charge is 2.21. The molecule has 0 aromatic carbocycles. The van der Waals surface area contributed by atoms with Crippen LogP contribution in [0.4, 0.5) is 0 Å². The average Bonchev–Trinajstić information content (AvgIpc) is 2.85. The van der Waals surface area contributed by atoms with Crippen LogP contribution in [0, 0.1) is 0 Å². The van der Waals surface area contributed by atoms with Crippen LogP contribution in [-0.4, -0.2) is 21.3 Å². The predicted molar refractivity (Wildman–Crippen MR) is 78.5 cm³/mol. The number of nitrogens with zero attached hydrogens (tertiary/aromatic N) is 1. The Balaban J connectivity index is 2.20. The van der Waals surface area contributed by atoms with E-state index in [9.17, 15) is 4.79 Å². The van der Waals surface area contributed by atoms with E-state index in [1.54, 1.807) is 6.07 Å². The van der Waals surface area contributed by atoms with Crippen LogP contribution in [0.15, 0.2) is 21.4 Å². The topological polar surface area (TPSA) is 71.8 Å². The fraction of sp³-hybridized carbons (Fsp3) is 0.500. The van der Waals surface area contributed by atoms with E-state index >= 15 is 0 Å². The van der Waals surface area contributed by atoms with Gasteiger partial charge in [-0.3, -0.25) is 4.79 Å². The maximum absolute atomic E-state index is 11.8. The van der Waals surface area contributed by atoms with Crippen molar-refractivity contribution in [3.05, 3.63) is 21.8 Å². The van der Waals surface area contributed by atoms with Crippen LogP contribution in [0.1, 0.15) is 26.7 Å². The van der Waals surface area contributed by atoms with Gasteiger partial charge in [-0.05, 0) is 24.3 Å². The Kier molecular flexibility index (Phi) is 4.09. The molecule has 3 N–H and O–H groups in total. The molecule has 2 heterocycles. The van der Waals surface area contributed by atoms with Gasteiger partial charge in [0, 0.05) is 11.3 Å². The molecular formula is C12H17N3OS2. The van der Waals surface area contributed by atoms with Crippen LogP contribution in [0.5, 0.6) is 0 Å². The third-order valence-corrected chi connectivity index (χ3v) is 5.21. The first-order valence-corrected chi connectivity index (χ1v) is 7.83. The number of fused-ring (bicyclic) bond motifs is 1. The first-order valence-electron chi connectivity index (χ1n) is 5.97. The van der Waals surface area contributed by atoms with Crippen LogP contribution in [0.25, 0.3) is 10.2 Å². The molecule has 18 heavy (non-hydrogen) atoms. The first-order chi connectivity index (χ1) is 8.58. The molecular weight excluding hydrogens is 266 g/mol. The number of nitrogens with one attached hydrogen (secondary N) is 1. The van der Waals surface area contributed by atoms with Gasteiger partial charge in [0.05, 0.1) is 5.39 Å². The van der Waals surface area contributed by atoms with Gasteiger partial charge in [0.15, 0.2) is 5.16 Å². The lowest BCUT2D eigenvalue weighted by atomic mass is 9.97. The second kappa shape index (κ2) is 5.42. The van der Waals surface area contributed by atoms with Crippen molar-refractivity contribution >= 4 is 33.3 Å². The SMILES string of the molecule is CCC(N)(CC)CSc1nc2sccc2c(=O)[nH]1. The molecule has 0 aliphatic rings. The Hall–Kier alpha value is -0.850. The minimum atomic E-state index is -0.187. The Morgan fingerprint density at radius 3 is 2.89 bits per heavy atom. The zero-order valence-corrected chi connectivity index (χ0v) is 12.2.